The molecule has 12 aromatic rings. The Labute approximate surface area is 396 Å². The van der Waals surface area contributed by atoms with E-state index in [1.165, 1.54) is 82.5 Å². The van der Waals surface area contributed by atoms with Crippen molar-refractivity contribution in [2.45, 2.75) is 26.7 Å². The van der Waals surface area contributed by atoms with E-state index in [0.29, 0.717) is 0 Å². The van der Waals surface area contributed by atoms with Gasteiger partial charge in [0.05, 0.1) is 39.1 Å². The van der Waals surface area contributed by atoms with E-state index in [-0.39, 0.29) is 6.71 Å². The summed E-state index contributed by atoms with van der Waals surface area (Å²) in [7, 11) is 0. The topological polar surface area (TPSA) is 21.3 Å². The number of aryl methyl sites for hydroxylation is 2. The summed E-state index contributed by atoms with van der Waals surface area (Å²) in [6, 6.07) is 76.5. The summed E-state index contributed by atoms with van der Waals surface area (Å²) in [6.45, 7) is 4.50. The minimum Gasteiger partial charge on any atom is -0.317 e. The molecule has 0 saturated carbocycles. The Bertz CT molecular complexity index is 3610. The molecule has 14 rings (SSSR count). The molecule has 0 atom stereocenters. The largest absolute Gasteiger partial charge is 0.317 e. The molecule has 0 fully saturated rings. The van der Waals surface area contributed by atoms with E-state index in [0.717, 1.165) is 52.7 Å². The number of anilines is 6. The van der Waals surface area contributed by atoms with Crippen LogP contribution in [0.15, 0.2) is 219 Å². The first-order valence-electron chi connectivity index (χ1n) is 24.0. The molecule has 0 aliphatic carbocycles. The van der Waals surface area contributed by atoms with Crippen LogP contribution in [0.5, 0.6) is 0 Å². The Balaban J connectivity index is 1.08. The van der Waals surface area contributed by atoms with Crippen molar-refractivity contribution in [2.75, 3.05) is 9.80 Å². The van der Waals surface area contributed by atoms with Crippen molar-refractivity contribution in [1.82, 2.24) is 13.7 Å². The standard InChI is InChI=1S/C62H46BN5/c1-3-41-25-29-56-50(37-41)51-38-42(4-2)26-30-57(51)68(56)47-39-58-60-59(40-47)65-36-34-49-55(67(45-21-13-7-14-22-45)46-23-15-8-16-24-46)32-28-53(62(49)65)63(60)52-27-31-54(48-33-35-64(58)61(48)52)66(43-17-9-5-10-18-43)44-19-11-6-12-20-44/h5-40H,3-4H2,1-2H3. The molecule has 2 aliphatic rings. The van der Waals surface area contributed by atoms with Crippen LogP contribution in [0.3, 0.4) is 0 Å². The predicted octanol–water partition coefficient (Wildman–Crippen LogP) is 13.9. The van der Waals surface area contributed by atoms with Gasteiger partial charge in [-0.05, 0) is 150 Å². The molecule has 0 radical (unpaired) electrons. The second-order valence-electron chi connectivity index (χ2n) is 18.3. The predicted molar refractivity (Wildman–Crippen MR) is 287 cm³/mol. The third-order valence-corrected chi connectivity index (χ3v) is 14.8. The minimum atomic E-state index is -0.00636. The van der Waals surface area contributed by atoms with Gasteiger partial charge in [0.25, 0.3) is 6.71 Å². The maximum atomic E-state index is 2.52. The lowest BCUT2D eigenvalue weighted by atomic mass is 9.34. The molecule has 322 valence electrons. The first-order chi connectivity index (χ1) is 33.7. The minimum absolute atomic E-state index is 0.00636. The zero-order chi connectivity index (χ0) is 45.0. The van der Waals surface area contributed by atoms with Gasteiger partial charge in [-0.25, -0.2) is 0 Å². The lowest BCUT2D eigenvalue weighted by Crippen LogP contribution is -2.59. The number of aromatic nitrogens is 3. The van der Waals surface area contributed by atoms with Crippen LogP contribution in [0, 0.1) is 0 Å². The highest BCUT2D eigenvalue weighted by molar-refractivity contribution is 7.00. The van der Waals surface area contributed by atoms with Gasteiger partial charge < -0.3 is 23.5 Å². The molecule has 3 aromatic heterocycles. The summed E-state index contributed by atoms with van der Waals surface area (Å²) in [5.41, 5.74) is 22.0. The van der Waals surface area contributed by atoms with Gasteiger partial charge in [0.15, 0.2) is 0 Å². The molecule has 0 amide bonds. The molecule has 68 heavy (non-hydrogen) atoms. The molecule has 9 aromatic carbocycles. The maximum Gasteiger partial charge on any atom is 0.252 e. The number of hydrogen-bond donors (Lipinski definition) is 0. The molecule has 0 saturated heterocycles. The van der Waals surface area contributed by atoms with Crippen LogP contribution in [-0.2, 0) is 12.8 Å². The first kappa shape index (κ1) is 38.8. The van der Waals surface area contributed by atoms with Gasteiger partial charge in [-0.3, -0.25) is 0 Å². The Morgan fingerprint density at radius 3 is 1.18 bits per heavy atom. The molecule has 6 heteroatoms. The molecule has 0 N–H and O–H groups in total. The van der Waals surface area contributed by atoms with Crippen molar-refractivity contribution >= 4 is 101 Å². The number of benzene rings is 9. The molecular formula is C62H46BN5. The van der Waals surface area contributed by atoms with Crippen LogP contribution in [-0.4, -0.2) is 20.4 Å². The van der Waals surface area contributed by atoms with Gasteiger partial charge in [0.1, 0.15) is 0 Å². The summed E-state index contributed by atoms with van der Waals surface area (Å²) in [6.07, 6.45) is 6.62. The van der Waals surface area contributed by atoms with E-state index in [1.807, 2.05) is 0 Å². The zero-order valence-corrected chi connectivity index (χ0v) is 38.0. The van der Waals surface area contributed by atoms with Gasteiger partial charge in [-0.15, -0.1) is 0 Å². The number of hydrogen-bond acceptors (Lipinski definition) is 2. The van der Waals surface area contributed by atoms with E-state index in [2.05, 4.69) is 256 Å². The SMILES string of the molecule is CCc1ccc2c(c1)c1cc(CC)ccc1n2-c1cc2c3c(c1)-n1ccc4c(N(c5ccccc5)c5ccccc5)ccc(c41)B3c1ccc(N(c3ccccc3)c3ccccc3)c3ccn-2c13. The third kappa shape index (κ3) is 5.58. The normalized spacial score (nSPS) is 12.4. The van der Waals surface area contributed by atoms with Gasteiger partial charge in [0, 0.05) is 68.1 Å². The fourth-order valence-corrected chi connectivity index (χ4v) is 11.7. The molecule has 0 unspecified atom stereocenters. The van der Waals surface area contributed by atoms with E-state index >= 15 is 0 Å². The van der Waals surface area contributed by atoms with Crippen LogP contribution in [0.2, 0.25) is 0 Å². The highest BCUT2D eigenvalue weighted by Gasteiger charge is 2.41. The maximum absolute atomic E-state index is 2.52. The van der Waals surface area contributed by atoms with Crippen molar-refractivity contribution in [3.63, 3.8) is 0 Å². The summed E-state index contributed by atoms with van der Waals surface area (Å²) in [4.78, 5) is 4.82. The number of nitrogens with zero attached hydrogens (tertiary/aromatic N) is 5. The van der Waals surface area contributed by atoms with Crippen molar-refractivity contribution in [3.05, 3.63) is 230 Å². The summed E-state index contributed by atoms with van der Waals surface area (Å²) >= 11 is 0. The number of fused-ring (bicyclic) bond motifs is 7. The Hall–Kier alpha value is -8.48. The molecule has 2 aliphatic heterocycles. The van der Waals surface area contributed by atoms with Crippen molar-refractivity contribution in [3.8, 4) is 17.1 Å². The van der Waals surface area contributed by atoms with Crippen molar-refractivity contribution < 1.29 is 0 Å². The lowest BCUT2D eigenvalue weighted by Gasteiger charge is -2.35. The molecule has 5 heterocycles. The Morgan fingerprint density at radius 2 is 0.794 bits per heavy atom. The third-order valence-electron chi connectivity index (χ3n) is 14.8. The monoisotopic (exact) mass is 871 g/mol. The van der Waals surface area contributed by atoms with Crippen LogP contribution in [0.4, 0.5) is 34.1 Å². The first-order valence-corrected chi connectivity index (χ1v) is 24.0. The van der Waals surface area contributed by atoms with E-state index < -0.39 is 0 Å². The number of rotatable bonds is 9. The van der Waals surface area contributed by atoms with Gasteiger partial charge in [-0.1, -0.05) is 111 Å². The summed E-state index contributed by atoms with van der Waals surface area (Å²) in [5.74, 6) is 0. The second kappa shape index (κ2) is 15.0. The van der Waals surface area contributed by atoms with Crippen LogP contribution < -0.4 is 26.2 Å². The fourth-order valence-electron chi connectivity index (χ4n) is 11.7. The molecule has 5 nitrogen and oxygen atoms in total. The average molecular weight is 872 g/mol. The van der Waals surface area contributed by atoms with Crippen LogP contribution in [0.1, 0.15) is 25.0 Å². The second-order valence-corrected chi connectivity index (χ2v) is 18.3. The lowest BCUT2D eigenvalue weighted by molar-refractivity contribution is 1.07. The number of para-hydroxylation sites is 4. The Kier molecular flexibility index (Phi) is 8.57. The fraction of sp³-hybridized carbons (Fsp3) is 0.0645. The molecule has 0 bridgehead atoms. The zero-order valence-electron chi connectivity index (χ0n) is 38.0. The van der Waals surface area contributed by atoms with E-state index in [4.69, 9.17) is 0 Å². The van der Waals surface area contributed by atoms with Gasteiger partial charge in [0.2, 0.25) is 0 Å². The Morgan fingerprint density at radius 1 is 0.397 bits per heavy atom. The quantitative estimate of drug-likeness (QED) is 0.135. The van der Waals surface area contributed by atoms with Crippen molar-refractivity contribution in [2.24, 2.45) is 0 Å². The van der Waals surface area contributed by atoms with Gasteiger partial charge in [-0.2, -0.15) is 0 Å². The summed E-state index contributed by atoms with van der Waals surface area (Å²) in [5, 5.41) is 5.05. The van der Waals surface area contributed by atoms with Crippen LogP contribution in [0.25, 0.3) is 60.7 Å². The highest BCUT2D eigenvalue weighted by Crippen LogP contribution is 2.44. The van der Waals surface area contributed by atoms with Crippen LogP contribution >= 0.6 is 0 Å². The van der Waals surface area contributed by atoms with E-state index in [1.54, 1.807) is 0 Å². The van der Waals surface area contributed by atoms with Gasteiger partial charge >= 0.3 is 0 Å². The molecule has 0 spiro atoms. The van der Waals surface area contributed by atoms with E-state index in [9.17, 15) is 0 Å². The van der Waals surface area contributed by atoms with Crippen molar-refractivity contribution in [1.29, 1.82) is 0 Å². The average Bonchev–Trinajstić information content (AvgIpc) is 4.14. The smallest absolute Gasteiger partial charge is 0.252 e. The summed E-state index contributed by atoms with van der Waals surface area (Å²) < 4.78 is 7.51. The highest BCUT2D eigenvalue weighted by atomic mass is 15.2. The molecular weight excluding hydrogens is 826 g/mol.